The van der Waals surface area contributed by atoms with Gasteiger partial charge in [-0.2, -0.15) is 0 Å². The number of methoxy groups -OCH3 is 1. The number of benzene rings is 1. The van der Waals surface area contributed by atoms with Gasteiger partial charge in [0.15, 0.2) is 0 Å². The smallest absolute Gasteiger partial charge is 0.142 e. The van der Waals surface area contributed by atoms with Crippen molar-refractivity contribution in [3.05, 3.63) is 27.8 Å². The standard InChI is InChI=1S/C15H22ClNO/c1-15(2,17)12-9-10-7-5-4-6-8-11(10)13(16)14(12)18-3/h9H,4-8,17H2,1-3H3. The first-order valence-electron chi connectivity index (χ1n) is 6.62. The fourth-order valence-corrected chi connectivity index (χ4v) is 3.08. The van der Waals surface area contributed by atoms with E-state index in [0.717, 1.165) is 29.2 Å². The first-order chi connectivity index (χ1) is 8.45. The van der Waals surface area contributed by atoms with Gasteiger partial charge in [-0.3, -0.25) is 0 Å². The van der Waals surface area contributed by atoms with Gasteiger partial charge < -0.3 is 10.5 Å². The van der Waals surface area contributed by atoms with Gasteiger partial charge in [0.25, 0.3) is 0 Å². The molecule has 1 aromatic carbocycles. The van der Waals surface area contributed by atoms with E-state index < -0.39 is 5.54 Å². The number of hydrogen-bond donors (Lipinski definition) is 1. The maximum atomic E-state index is 6.53. The van der Waals surface area contributed by atoms with Gasteiger partial charge >= 0.3 is 0 Å². The molecule has 0 unspecified atom stereocenters. The molecule has 3 heteroatoms. The van der Waals surface area contributed by atoms with Crippen LogP contribution in [0.15, 0.2) is 6.07 Å². The number of ether oxygens (including phenoxy) is 1. The highest BCUT2D eigenvalue weighted by atomic mass is 35.5. The van der Waals surface area contributed by atoms with Crippen molar-refractivity contribution in [2.75, 3.05) is 7.11 Å². The lowest BCUT2D eigenvalue weighted by Crippen LogP contribution is -2.29. The van der Waals surface area contributed by atoms with Crippen LogP contribution >= 0.6 is 11.6 Å². The van der Waals surface area contributed by atoms with Crippen LogP contribution in [0.5, 0.6) is 5.75 Å². The van der Waals surface area contributed by atoms with Crippen LogP contribution in [0.25, 0.3) is 0 Å². The molecule has 0 atom stereocenters. The third-order valence-corrected chi connectivity index (χ3v) is 4.09. The van der Waals surface area contributed by atoms with Crippen LogP contribution in [0.4, 0.5) is 0 Å². The van der Waals surface area contributed by atoms with E-state index in [2.05, 4.69) is 6.07 Å². The number of halogens is 1. The predicted molar refractivity (Wildman–Crippen MR) is 76.5 cm³/mol. The largest absolute Gasteiger partial charge is 0.495 e. The van der Waals surface area contributed by atoms with E-state index in [1.165, 1.54) is 30.4 Å². The van der Waals surface area contributed by atoms with E-state index in [1.54, 1.807) is 7.11 Å². The molecule has 0 bridgehead atoms. The Balaban J connectivity index is 2.62. The van der Waals surface area contributed by atoms with E-state index in [4.69, 9.17) is 22.1 Å². The Morgan fingerprint density at radius 2 is 1.89 bits per heavy atom. The Bertz CT molecular complexity index is 449. The lowest BCUT2D eigenvalue weighted by atomic mass is 9.89. The van der Waals surface area contributed by atoms with Crippen LogP contribution in [0.1, 0.15) is 49.8 Å². The SMILES string of the molecule is COc1c(C(C)(C)N)cc2c(c1Cl)CCCCC2. The zero-order chi connectivity index (χ0) is 13.3. The van der Waals surface area contributed by atoms with Crippen LogP contribution in [0, 0.1) is 0 Å². The van der Waals surface area contributed by atoms with Crippen molar-refractivity contribution in [1.82, 2.24) is 0 Å². The van der Waals surface area contributed by atoms with Crippen molar-refractivity contribution in [2.45, 2.75) is 51.5 Å². The summed E-state index contributed by atoms with van der Waals surface area (Å²) in [5.74, 6) is 0.754. The summed E-state index contributed by atoms with van der Waals surface area (Å²) in [5, 5.41) is 0.769. The summed E-state index contributed by atoms with van der Waals surface area (Å²) in [6.45, 7) is 3.98. The zero-order valence-electron chi connectivity index (χ0n) is 11.5. The summed E-state index contributed by atoms with van der Waals surface area (Å²) in [6, 6.07) is 2.20. The summed E-state index contributed by atoms with van der Waals surface area (Å²) in [4.78, 5) is 0. The monoisotopic (exact) mass is 267 g/mol. The minimum absolute atomic E-state index is 0.434. The Morgan fingerprint density at radius 1 is 1.22 bits per heavy atom. The third-order valence-electron chi connectivity index (χ3n) is 3.69. The number of rotatable bonds is 2. The van der Waals surface area contributed by atoms with Gasteiger partial charge in [-0.15, -0.1) is 0 Å². The van der Waals surface area contributed by atoms with E-state index >= 15 is 0 Å². The zero-order valence-corrected chi connectivity index (χ0v) is 12.2. The van der Waals surface area contributed by atoms with Crippen LogP contribution in [-0.2, 0) is 18.4 Å². The normalized spacial score (nSPS) is 16.1. The number of aryl methyl sites for hydroxylation is 1. The predicted octanol–water partition coefficient (Wildman–Crippen LogP) is 3.81. The second-order valence-electron chi connectivity index (χ2n) is 5.69. The molecule has 1 aliphatic rings. The summed E-state index contributed by atoms with van der Waals surface area (Å²) < 4.78 is 5.50. The number of fused-ring (bicyclic) bond motifs is 1. The molecule has 0 radical (unpaired) electrons. The molecule has 0 heterocycles. The Hall–Kier alpha value is -0.730. The minimum Gasteiger partial charge on any atom is -0.495 e. The molecule has 1 aromatic rings. The molecule has 0 saturated carbocycles. The highest BCUT2D eigenvalue weighted by molar-refractivity contribution is 6.33. The Kier molecular flexibility index (Phi) is 3.88. The minimum atomic E-state index is -0.434. The molecule has 0 amide bonds. The lowest BCUT2D eigenvalue weighted by molar-refractivity contribution is 0.394. The van der Waals surface area contributed by atoms with Crippen LogP contribution in [0.2, 0.25) is 5.02 Å². The van der Waals surface area contributed by atoms with Crippen molar-refractivity contribution >= 4 is 11.6 Å². The van der Waals surface area contributed by atoms with E-state index in [0.29, 0.717) is 0 Å². The second kappa shape index (κ2) is 5.10. The van der Waals surface area contributed by atoms with Crippen molar-refractivity contribution < 1.29 is 4.74 Å². The molecule has 0 spiro atoms. The molecule has 0 saturated heterocycles. The van der Waals surface area contributed by atoms with Crippen molar-refractivity contribution in [3.8, 4) is 5.75 Å². The van der Waals surface area contributed by atoms with E-state index in [9.17, 15) is 0 Å². The van der Waals surface area contributed by atoms with Crippen molar-refractivity contribution in [3.63, 3.8) is 0 Å². The maximum Gasteiger partial charge on any atom is 0.142 e. The number of nitrogens with two attached hydrogens (primary N) is 1. The van der Waals surface area contributed by atoms with Gasteiger partial charge in [0.1, 0.15) is 5.75 Å². The molecule has 2 N–H and O–H groups in total. The van der Waals surface area contributed by atoms with E-state index in [1.807, 2.05) is 13.8 Å². The molecular formula is C15H22ClNO. The summed E-state index contributed by atoms with van der Waals surface area (Å²) in [7, 11) is 1.67. The van der Waals surface area contributed by atoms with Crippen LogP contribution in [-0.4, -0.2) is 7.11 Å². The highest BCUT2D eigenvalue weighted by Gasteiger charge is 2.25. The van der Waals surface area contributed by atoms with Crippen molar-refractivity contribution in [2.24, 2.45) is 5.73 Å². The first-order valence-corrected chi connectivity index (χ1v) is 7.00. The van der Waals surface area contributed by atoms with Gasteiger partial charge in [-0.1, -0.05) is 18.0 Å². The molecule has 1 aliphatic carbocycles. The fourth-order valence-electron chi connectivity index (χ4n) is 2.69. The van der Waals surface area contributed by atoms with Crippen LogP contribution < -0.4 is 10.5 Å². The molecule has 0 fully saturated rings. The van der Waals surface area contributed by atoms with E-state index in [-0.39, 0.29) is 0 Å². The van der Waals surface area contributed by atoms with Gasteiger partial charge in [0.2, 0.25) is 0 Å². The average Bonchev–Trinajstić information content (AvgIpc) is 2.53. The van der Waals surface area contributed by atoms with Gasteiger partial charge in [-0.05, 0) is 56.7 Å². The summed E-state index contributed by atoms with van der Waals surface area (Å²) >= 11 is 6.53. The first kappa shape index (κ1) is 13.7. The van der Waals surface area contributed by atoms with Crippen molar-refractivity contribution in [1.29, 1.82) is 0 Å². The average molecular weight is 268 g/mol. The summed E-state index contributed by atoms with van der Waals surface area (Å²) in [5.41, 5.74) is 9.43. The molecule has 2 rings (SSSR count). The Morgan fingerprint density at radius 3 is 2.50 bits per heavy atom. The fraction of sp³-hybridized carbons (Fsp3) is 0.600. The molecule has 2 nitrogen and oxygen atoms in total. The Labute approximate surface area is 114 Å². The third kappa shape index (κ3) is 2.50. The molecule has 100 valence electrons. The maximum absolute atomic E-state index is 6.53. The van der Waals surface area contributed by atoms with Gasteiger partial charge in [0, 0.05) is 11.1 Å². The number of hydrogen-bond acceptors (Lipinski definition) is 2. The molecular weight excluding hydrogens is 246 g/mol. The van der Waals surface area contributed by atoms with Gasteiger partial charge in [0.05, 0.1) is 12.1 Å². The lowest BCUT2D eigenvalue weighted by Gasteiger charge is -2.25. The highest BCUT2D eigenvalue weighted by Crippen LogP contribution is 2.40. The molecule has 0 aliphatic heterocycles. The quantitative estimate of drug-likeness (QED) is 0.827. The molecule has 0 aromatic heterocycles. The van der Waals surface area contributed by atoms with Gasteiger partial charge in [-0.25, -0.2) is 0 Å². The second-order valence-corrected chi connectivity index (χ2v) is 6.07. The summed E-state index contributed by atoms with van der Waals surface area (Å²) in [6.07, 6.45) is 5.87. The topological polar surface area (TPSA) is 35.2 Å². The van der Waals surface area contributed by atoms with Crippen LogP contribution in [0.3, 0.4) is 0 Å². The molecule has 18 heavy (non-hydrogen) atoms.